The standard InChI is InChI=1S/C19H16N2O3/c1-13(24-19(23)15-8-10-20-11-9-15)18(22)21-17-7-6-14-4-2-3-5-16(14)12-17/h2-13H,1H3,(H,21,22)/t13-/m0/s1. The smallest absolute Gasteiger partial charge is 0.339 e. The van der Waals surface area contributed by atoms with Crippen LogP contribution >= 0.6 is 0 Å². The Morgan fingerprint density at radius 2 is 1.71 bits per heavy atom. The second kappa shape index (κ2) is 6.91. The van der Waals surface area contributed by atoms with Crippen LogP contribution in [0.4, 0.5) is 5.69 Å². The molecule has 0 fully saturated rings. The highest BCUT2D eigenvalue weighted by Gasteiger charge is 2.19. The number of hydrogen-bond acceptors (Lipinski definition) is 4. The molecule has 5 nitrogen and oxygen atoms in total. The van der Waals surface area contributed by atoms with Crippen molar-refractivity contribution in [1.82, 2.24) is 4.98 Å². The van der Waals surface area contributed by atoms with Crippen molar-refractivity contribution in [3.8, 4) is 0 Å². The van der Waals surface area contributed by atoms with E-state index in [1.807, 2.05) is 42.5 Å². The highest BCUT2D eigenvalue weighted by atomic mass is 16.5. The summed E-state index contributed by atoms with van der Waals surface area (Å²) in [5.74, 6) is -0.939. The first-order valence-electron chi connectivity index (χ1n) is 7.54. The molecule has 1 amide bonds. The summed E-state index contributed by atoms with van der Waals surface area (Å²) in [7, 11) is 0. The van der Waals surface area contributed by atoms with Crippen LogP contribution in [0.2, 0.25) is 0 Å². The van der Waals surface area contributed by atoms with Crippen molar-refractivity contribution < 1.29 is 14.3 Å². The van der Waals surface area contributed by atoms with Crippen molar-refractivity contribution in [3.05, 3.63) is 72.6 Å². The fourth-order valence-corrected chi connectivity index (χ4v) is 2.28. The summed E-state index contributed by atoms with van der Waals surface area (Å²) in [4.78, 5) is 28.0. The van der Waals surface area contributed by atoms with Gasteiger partial charge < -0.3 is 10.1 Å². The number of carbonyl (C=O) groups is 2. The Hall–Kier alpha value is -3.21. The lowest BCUT2D eigenvalue weighted by atomic mass is 10.1. The van der Waals surface area contributed by atoms with Gasteiger partial charge in [-0.2, -0.15) is 0 Å². The Bertz CT molecular complexity index is 878. The van der Waals surface area contributed by atoms with Crippen molar-refractivity contribution in [2.75, 3.05) is 5.32 Å². The van der Waals surface area contributed by atoms with E-state index in [1.165, 1.54) is 31.5 Å². The summed E-state index contributed by atoms with van der Waals surface area (Å²) >= 11 is 0. The van der Waals surface area contributed by atoms with E-state index in [9.17, 15) is 9.59 Å². The molecule has 5 heteroatoms. The number of pyridine rings is 1. The highest BCUT2D eigenvalue weighted by Crippen LogP contribution is 2.19. The molecule has 0 saturated heterocycles. The number of anilines is 1. The Morgan fingerprint density at radius 1 is 1.00 bits per heavy atom. The maximum atomic E-state index is 12.2. The number of rotatable bonds is 4. The van der Waals surface area contributed by atoms with Gasteiger partial charge in [0.15, 0.2) is 6.10 Å². The predicted molar refractivity (Wildman–Crippen MR) is 91.7 cm³/mol. The molecule has 2 aromatic carbocycles. The third-order valence-corrected chi connectivity index (χ3v) is 3.59. The van der Waals surface area contributed by atoms with Gasteiger partial charge in [-0.25, -0.2) is 4.79 Å². The van der Waals surface area contributed by atoms with Crippen LogP contribution in [0.15, 0.2) is 67.0 Å². The third kappa shape index (κ3) is 3.57. The number of nitrogens with one attached hydrogen (secondary N) is 1. The summed E-state index contributed by atoms with van der Waals surface area (Å²) in [6.45, 7) is 1.54. The molecule has 0 spiro atoms. The first-order valence-corrected chi connectivity index (χ1v) is 7.54. The molecule has 1 atom stereocenters. The van der Waals surface area contributed by atoms with Gasteiger partial charge in [-0.3, -0.25) is 9.78 Å². The van der Waals surface area contributed by atoms with Crippen LogP contribution < -0.4 is 5.32 Å². The van der Waals surface area contributed by atoms with Crippen LogP contribution in [0.1, 0.15) is 17.3 Å². The number of hydrogen-bond donors (Lipinski definition) is 1. The molecule has 1 aromatic heterocycles. The van der Waals surface area contributed by atoms with Crippen LogP contribution in [0.25, 0.3) is 10.8 Å². The average molecular weight is 320 g/mol. The second-order valence-corrected chi connectivity index (χ2v) is 5.33. The van der Waals surface area contributed by atoms with Crippen molar-refractivity contribution in [2.45, 2.75) is 13.0 Å². The molecule has 0 saturated carbocycles. The van der Waals surface area contributed by atoms with Gasteiger partial charge in [0.1, 0.15) is 0 Å². The van der Waals surface area contributed by atoms with Gasteiger partial charge in [0.2, 0.25) is 0 Å². The molecule has 0 bridgehead atoms. The maximum Gasteiger partial charge on any atom is 0.339 e. The molecule has 0 aliphatic heterocycles. The van der Waals surface area contributed by atoms with Crippen LogP contribution in [-0.4, -0.2) is 23.0 Å². The van der Waals surface area contributed by atoms with E-state index in [-0.39, 0.29) is 5.91 Å². The number of ether oxygens (including phenoxy) is 1. The van der Waals surface area contributed by atoms with Crippen molar-refractivity contribution in [2.24, 2.45) is 0 Å². The Kier molecular flexibility index (Phi) is 4.52. The molecule has 0 radical (unpaired) electrons. The summed E-state index contributed by atoms with van der Waals surface area (Å²) in [5.41, 5.74) is 1.01. The Morgan fingerprint density at radius 3 is 2.46 bits per heavy atom. The number of esters is 1. The Balaban J connectivity index is 1.66. The van der Waals surface area contributed by atoms with Gasteiger partial charge in [-0.15, -0.1) is 0 Å². The van der Waals surface area contributed by atoms with E-state index >= 15 is 0 Å². The number of amides is 1. The lowest BCUT2D eigenvalue weighted by molar-refractivity contribution is -0.123. The molecule has 1 N–H and O–H groups in total. The Labute approximate surface area is 139 Å². The van der Waals surface area contributed by atoms with Gasteiger partial charge in [-0.05, 0) is 42.0 Å². The van der Waals surface area contributed by atoms with Crippen molar-refractivity contribution in [1.29, 1.82) is 0 Å². The lowest BCUT2D eigenvalue weighted by Gasteiger charge is -2.14. The summed E-state index contributed by atoms with van der Waals surface area (Å²) in [6, 6.07) is 16.6. The molecular weight excluding hydrogens is 304 g/mol. The lowest BCUT2D eigenvalue weighted by Crippen LogP contribution is -2.30. The molecule has 24 heavy (non-hydrogen) atoms. The fraction of sp³-hybridized carbons (Fsp3) is 0.105. The van der Waals surface area contributed by atoms with E-state index in [0.717, 1.165) is 10.8 Å². The van der Waals surface area contributed by atoms with Gasteiger partial charge in [0.25, 0.3) is 5.91 Å². The molecular formula is C19H16N2O3. The number of aromatic nitrogens is 1. The van der Waals surface area contributed by atoms with E-state index in [4.69, 9.17) is 4.74 Å². The van der Waals surface area contributed by atoms with Crippen molar-refractivity contribution >= 4 is 28.3 Å². The molecule has 120 valence electrons. The minimum atomic E-state index is -0.905. The normalized spacial score (nSPS) is 11.7. The van der Waals surface area contributed by atoms with Gasteiger partial charge in [0.05, 0.1) is 5.56 Å². The zero-order valence-electron chi connectivity index (χ0n) is 13.1. The van der Waals surface area contributed by atoms with Gasteiger partial charge >= 0.3 is 5.97 Å². The van der Waals surface area contributed by atoms with E-state index in [1.54, 1.807) is 0 Å². The number of benzene rings is 2. The minimum Gasteiger partial charge on any atom is -0.449 e. The topological polar surface area (TPSA) is 68.3 Å². The molecule has 3 rings (SSSR count). The maximum absolute atomic E-state index is 12.2. The van der Waals surface area contributed by atoms with E-state index < -0.39 is 12.1 Å². The summed E-state index contributed by atoms with van der Waals surface area (Å²) in [6.07, 6.45) is 2.09. The highest BCUT2D eigenvalue weighted by molar-refractivity contribution is 5.98. The summed E-state index contributed by atoms with van der Waals surface area (Å²) in [5, 5.41) is 4.88. The fourth-order valence-electron chi connectivity index (χ4n) is 2.28. The van der Waals surface area contributed by atoms with Crippen LogP contribution in [-0.2, 0) is 9.53 Å². The zero-order valence-corrected chi connectivity index (χ0v) is 13.1. The molecule has 1 heterocycles. The third-order valence-electron chi connectivity index (χ3n) is 3.59. The number of nitrogens with zero attached hydrogens (tertiary/aromatic N) is 1. The monoisotopic (exact) mass is 320 g/mol. The van der Waals surface area contributed by atoms with E-state index in [0.29, 0.717) is 11.3 Å². The zero-order chi connectivity index (χ0) is 16.9. The van der Waals surface area contributed by atoms with Gasteiger partial charge in [0, 0.05) is 18.1 Å². The molecule has 0 aliphatic rings. The van der Waals surface area contributed by atoms with Crippen LogP contribution in [0.3, 0.4) is 0 Å². The van der Waals surface area contributed by atoms with Crippen LogP contribution in [0.5, 0.6) is 0 Å². The largest absolute Gasteiger partial charge is 0.449 e. The first-order chi connectivity index (χ1) is 11.6. The van der Waals surface area contributed by atoms with Gasteiger partial charge in [-0.1, -0.05) is 30.3 Å². The molecule has 3 aromatic rings. The second-order valence-electron chi connectivity index (χ2n) is 5.33. The number of carbonyl (C=O) groups excluding carboxylic acids is 2. The van der Waals surface area contributed by atoms with E-state index in [2.05, 4.69) is 10.3 Å². The molecule has 0 unspecified atom stereocenters. The minimum absolute atomic E-state index is 0.357. The predicted octanol–water partition coefficient (Wildman–Crippen LogP) is 3.42. The average Bonchev–Trinajstić information content (AvgIpc) is 2.62. The SMILES string of the molecule is C[C@H](OC(=O)c1ccncc1)C(=O)Nc1ccc2ccccc2c1. The van der Waals surface area contributed by atoms with Crippen molar-refractivity contribution in [3.63, 3.8) is 0 Å². The molecule has 0 aliphatic carbocycles. The summed E-state index contributed by atoms with van der Waals surface area (Å²) < 4.78 is 5.18. The first kappa shape index (κ1) is 15.7. The number of fused-ring (bicyclic) bond motifs is 1. The quantitative estimate of drug-likeness (QED) is 0.748. The van der Waals surface area contributed by atoms with Crippen LogP contribution in [0, 0.1) is 0 Å².